The van der Waals surface area contributed by atoms with E-state index in [2.05, 4.69) is 0 Å². The minimum Gasteiger partial charge on any atom is -0.481 e. The number of carboxylic acids is 1. The van der Waals surface area contributed by atoms with Crippen LogP contribution in [0.1, 0.15) is 11.1 Å². The van der Waals surface area contributed by atoms with Gasteiger partial charge in [-0.1, -0.05) is 6.07 Å². The first-order chi connectivity index (χ1) is 6.56. The lowest BCUT2D eigenvalue weighted by molar-refractivity contribution is -0.136. The van der Waals surface area contributed by atoms with Crippen LogP contribution in [-0.4, -0.2) is 11.1 Å². The van der Waals surface area contributed by atoms with E-state index in [0.29, 0.717) is 5.56 Å². The Labute approximate surface area is 80.6 Å². The summed E-state index contributed by atoms with van der Waals surface area (Å²) in [6.45, 7) is 0. The lowest BCUT2D eigenvalue weighted by Crippen LogP contribution is -2.06. The average molecular weight is 191 g/mol. The monoisotopic (exact) mass is 191 g/mol. The summed E-state index contributed by atoms with van der Waals surface area (Å²) in [4.78, 5) is 10.4. The number of anilines is 2. The van der Waals surface area contributed by atoms with Gasteiger partial charge in [0.15, 0.2) is 0 Å². The maximum absolute atomic E-state index is 10.4. The van der Waals surface area contributed by atoms with Gasteiger partial charge < -0.3 is 16.6 Å². The van der Waals surface area contributed by atoms with Gasteiger partial charge in [0.2, 0.25) is 0 Å². The number of carboxylic acid groups (broad SMARTS) is 1. The third-order valence-corrected chi connectivity index (χ3v) is 1.82. The van der Waals surface area contributed by atoms with Gasteiger partial charge in [0.05, 0.1) is 23.4 Å². The molecule has 1 rings (SSSR count). The van der Waals surface area contributed by atoms with Gasteiger partial charge >= 0.3 is 5.97 Å². The molecule has 5 heteroatoms. The largest absolute Gasteiger partial charge is 0.481 e. The Bertz CT molecular complexity index is 421. The first-order valence-electron chi connectivity index (χ1n) is 3.85. The summed E-state index contributed by atoms with van der Waals surface area (Å²) < 4.78 is 0. The second-order valence-corrected chi connectivity index (χ2v) is 2.78. The molecule has 1 aromatic rings. The Morgan fingerprint density at radius 1 is 1.50 bits per heavy atom. The Balaban J connectivity index is 3.23. The average Bonchev–Trinajstić information content (AvgIpc) is 2.10. The van der Waals surface area contributed by atoms with Crippen molar-refractivity contribution in [3.63, 3.8) is 0 Å². The molecule has 0 spiro atoms. The third kappa shape index (κ3) is 1.75. The molecule has 0 aromatic heterocycles. The molecule has 5 nitrogen and oxygen atoms in total. The molecule has 0 amide bonds. The Kier molecular flexibility index (Phi) is 2.58. The molecule has 0 heterocycles. The quantitative estimate of drug-likeness (QED) is 0.583. The van der Waals surface area contributed by atoms with Crippen molar-refractivity contribution < 1.29 is 9.90 Å². The Morgan fingerprint density at radius 2 is 2.14 bits per heavy atom. The molecule has 0 radical (unpaired) electrons. The SMILES string of the molecule is N#Cc1c(N)ccc(CC(=O)O)c1N. The molecule has 5 N–H and O–H groups in total. The van der Waals surface area contributed by atoms with Crippen LogP contribution in [0, 0.1) is 11.3 Å². The molecule has 0 aliphatic rings. The van der Waals surface area contributed by atoms with Crippen molar-refractivity contribution in [2.75, 3.05) is 11.5 Å². The van der Waals surface area contributed by atoms with Crippen molar-refractivity contribution in [1.29, 1.82) is 5.26 Å². The van der Waals surface area contributed by atoms with E-state index in [1.165, 1.54) is 12.1 Å². The molecule has 72 valence electrons. The molecular weight excluding hydrogens is 182 g/mol. The number of nitrogens with zero attached hydrogens (tertiary/aromatic N) is 1. The second-order valence-electron chi connectivity index (χ2n) is 2.78. The number of nitrogens with two attached hydrogens (primary N) is 2. The molecule has 0 aliphatic heterocycles. The van der Waals surface area contributed by atoms with Crippen molar-refractivity contribution >= 4 is 17.3 Å². The van der Waals surface area contributed by atoms with Crippen LogP contribution in [0.2, 0.25) is 0 Å². The minimum atomic E-state index is -0.995. The van der Waals surface area contributed by atoms with Crippen LogP contribution in [-0.2, 0) is 11.2 Å². The summed E-state index contributed by atoms with van der Waals surface area (Å²) >= 11 is 0. The first kappa shape index (κ1) is 9.86. The number of carbonyl (C=O) groups is 1. The highest BCUT2D eigenvalue weighted by molar-refractivity contribution is 5.77. The van der Waals surface area contributed by atoms with E-state index >= 15 is 0 Å². The number of aliphatic carboxylic acids is 1. The molecular formula is C9H9N3O2. The molecule has 0 saturated heterocycles. The van der Waals surface area contributed by atoms with Crippen LogP contribution in [0.3, 0.4) is 0 Å². The van der Waals surface area contributed by atoms with Gasteiger partial charge in [0.1, 0.15) is 6.07 Å². The fourth-order valence-corrected chi connectivity index (χ4v) is 1.12. The molecule has 0 unspecified atom stereocenters. The smallest absolute Gasteiger partial charge is 0.307 e. The van der Waals surface area contributed by atoms with Crippen LogP contribution in [0.5, 0.6) is 0 Å². The minimum absolute atomic E-state index is 0.142. The molecule has 0 atom stereocenters. The van der Waals surface area contributed by atoms with Crippen LogP contribution in [0.15, 0.2) is 12.1 Å². The van der Waals surface area contributed by atoms with Crippen LogP contribution in [0.25, 0.3) is 0 Å². The molecule has 14 heavy (non-hydrogen) atoms. The van der Waals surface area contributed by atoms with Gasteiger partial charge in [-0.25, -0.2) is 0 Å². The molecule has 0 aliphatic carbocycles. The van der Waals surface area contributed by atoms with Gasteiger partial charge in [-0.2, -0.15) is 5.26 Å². The van der Waals surface area contributed by atoms with Gasteiger partial charge in [-0.15, -0.1) is 0 Å². The summed E-state index contributed by atoms with van der Waals surface area (Å²) in [5.41, 5.74) is 12.0. The summed E-state index contributed by atoms with van der Waals surface area (Å²) in [7, 11) is 0. The number of hydrogen-bond acceptors (Lipinski definition) is 4. The fraction of sp³-hybridized carbons (Fsp3) is 0.111. The van der Waals surface area contributed by atoms with Gasteiger partial charge in [-0.3, -0.25) is 4.79 Å². The Morgan fingerprint density at radius 3 is 2.64 bits per heavy atom. The standard InChI is InChI=1S/C9H9N3O2/c10-4-6-7(11)2-1-5(9(6)12)3-8(13)14/h1-2H,3,11-12H2,(H,13,14). The topological polar surface area (TPSA) is 113 Å². The number of nitriles is 1. The van der Waals surface area contributed by atoms with Crippen molar-refractivity contribution in [2.24, 2.45) is 0 Å². The van der Waals surface area contributed by atoms with E-state index in [-0.39, 0.29) is 23.4 Å². The molecule has 1 aromatic carbocycles. The van der Waals surface area contributed by atoms with E-state index in [9.17, 15) is 4.79 Å². The summed E-state index contributed by atoms with van der Waals surface area (Å²) in [5, 5.41) is 17.3. The Hall–Kier alpha value is -2.22. The zero-order chi connectivity index (χ0) is 10.7. The predicted octanol–water partition coefficient (Wildman–Crippen LogP) is 0.350. The number of rotatable bonds is 2. The van der Waals surface area contributed by atoms with E-state index in [1.54, 1.807) is 0 Å². The fourth-order valence-electron chi connectivity index (χ4n) is 1.12. The van der Waals surface area contributed by atoms with Crippen molar-refractivity contribution in [1.82, 2.24) is 0 Å². The van der Waals surface area contributed by atoms with Gasteiger partial charge in [0.25, 0.3) is 0 Å². The maximum atomic E-state index is 10.4. The second kappa shape index (κ2) is 3.66. The maximum Gasteiger partial charge on any atom is 0.307 e. The summed E-state index contributed by atoms with van der Waals surface area (Å²) in [5.74, 6) is -0.995. The van der Waals surface area contributed by atoms with Crippen LogP contribution in [0.4, 0.5) is 11.4 Å². The van der Waals surface area contributed by atoms with E-state index in [1.807, 2.05) is 6.07 Å². The highest BCUT2D eigenvalue weighted by Crippen LogP contribution is 2.23. The summed E-state index contributed by atoms with van der Waals surface area (Å²) in [6.07, 6.45) is -0.208. The lowest BCUT2D eigenvalue weighted by Gasteiger charge is -2.06. The highest BCUT2D eigenvalue weighted by atomic mass is 16.4. The molecule has 0 bridgehead atoms. The predicted molar refractivity (Wildman–Crippen MR) is 51.3 cm³/mol. The molecule has 0 saturated carbocycles. The van der Waals surface area contributed by atoms with Crippen molar-refractivity contribution in [3.05, 3.63) is 23.3 Å². The lowest BCUT2D eigenvalue weighted by atomic mass is 10.0. The third-order valence-electron chi connectivity index (χ3n) is 1.82. The molecule has 0 fully saturated rings. The van der Waals surface area contributed by atoms with Gasteiger partial charge in [-0.05, 0) is 11.6 Å². The van der Waals surface area contributed by atoms with Crippen molar-refractivity contribution in [2.45, 2.75) is 6.42 Å². The number of benzene rings is 1. The van der Waals surface area contributed by atoms with Crippen molar-refractivity contribution in [3.8, 4) is 6.07 Å². The summed E-state index contributed by atoms with van der Waals surface area (Å²) in [6, 6.07) is 4.83. The zero-order valence-electron chi connectivity index (χ0n) is 7.32. The van der Waals surface area contributed by atoms with Gasteiger partial charge in [0, 0.05) is 0 Å². The number of nitrogen functional groups attached to an aromatic ring is 2. The van der Waals surface area contributed by atoms with E-state index in [4.69, 9.17) is 21.8 Å². The first-order valence-corrected chi connectivity index (χ1v) is 3.85. The van der Waals surface area contributed by atoms with Crippen LogP contribution >= 0.6 is 0 Å². The zero-order valence-corrected chi connectivity index (χ0v) is 7.32. The van der Waals surface area contributed by atoms with E-state index < -0.39 is 5.97 Å². The van der Waals surface area contributed by atoms with Crippen LogP contribution < -0.4 is 11.5 Å². The van der Waals surface area contributed by atoms with E-state index in [0.717, 1.165) is 0 Å². The highest BCUT2D eigenvalue weighted by Gasteiger charge is 2.10. The number of hydrogen-bond donors (Lipinski definition) is 3. The normalized spacial score (nSPS) is 9.36.